The normalized spacial score (nSPS) is 21.9. The summed E-state index contributed by atoms with van der Waals surface area (Å²) in [6.45, 7) is 4.40. The van der Waals surface area contributed by atoms with E-state index in [0.29, 0.717) is 6.42 Å². The summed E-state index contributed by atoms with van der Waals surface area (Å²) in [5.74, 6) is 0.672. The molecule has 1 atom stereocenters. The van der Waals surface area contributed by atoms with Crippen LogP contribution >= 0.6 is 0 Å². The smallest absolute Gasteiger partial charge is 0.305 e. The molecule has 0 aromatic rings. The van der Waals surface area contributed by atoms with Gasteiger partial charge in [0.25, 0.3) is 0 Å². The topological polar surface area (TPSA) is 41.6 Å². The van der Waals surface area contributed by atoms with Crippen LogP contribution in [0.3, 0.4) is 0 Å². The molecular formula is C11H22N2O2. The van der Waals surface area contributed by atoms with Gasteiger partial charge >= 0.3 is 5.97 Å². The number of nitrogens with one attached hydrogen (secondary N) is 1. The van der Waals surface area contributed by atoms with E-state index in [-0.39, 0.29) is 5.97 Å². The van der Waals surface area contributed by atoms with E-state index in [2.05, 4.69) is 22.0 Å². The molecule has 4 nitrogen and oxygen atoms in total. The van der Waals surface area contributed by atoms with Crippen LogP contribution in [0.25, 0.3) is 0 Å². The van der Waals surface area contributed by atoms with Gasteiger partial charge in [-0.15, -0.1) is 0 Å². The van der Waals surface area contributed by atoms with E-state index in [0.717, 1.165) is 25.4 Å². The Balaban J connectivity index is 1.91. The summed E-state index contributed by atoms with van der Waals surface area (Å²) in [7, 11) is 3.60. The molecule has 0 saturated carbocycles. The van der Waals surface area contributed by atoms with Crippen LogP contribution in [0.5, 0.6) is 0 Å². The standard InChI is InChI=1S/C11H22N2O2/c1-13-7-5-10(9-13)8-12-6-3-4-11(14)15-2/h10,12H,3-9H2,1-2H3. The number of nitrogens with zero attached hydrogens (tertiary/aromatic N) is 1. The molecule has 1 unspecified atom stereocenters. The van der Waals surface area contributed by atoms with Crippen molar-refractivity contribution in [3.8, 4) is 0 Å². The van der Waals surface area contributed by atoms with E-state index < -0.39 is 0 Å². The van der Waals surface area contributed by atoms with Gasteiger partial charge < -0.3 is 15.0 Å². The van der Waals surface area contributed by atoms with Crippen molar-refractivity contribution in [3.63, 3.8) is 0 Å². The van der Waals surface area contributed by atoms with Crippen molar-refractivity contribution < 1.29 is 9.53 Å². The highest BCUT2D eigenvalue weighted by Crippen LogP contribution is 2.12. The highest BCUT2D eigenvalue weighted by molar-refractivity contribution is 5.68. The molecule has 1 aliphatic rings. The molecule has 1 fully saturated rings. The van der Waals surface area contributed by atoms with Gasteiger partial charge in [-0.3, -0.25) is 4.79 Å². The first-order valence-corrected chi connectivity index (χ1v) is 5.68. The second kappa shape index (κ2) is 6.80. The van der Waals surface area contributed by atoms with Gasteiger partial charge in [-0.1, -0.05) is 0 Å². The Morgan fingerprint density at radius 3 is 3.00 bits per heavy atom. The maximum Gasteiger partial charge on any atom is 0.305 e. The van der Waals surface area contributed by atoms with Gasteiger partial charge in [-0.25, -0.2) is 0 Å². The molecule has 0 bridgehead atoms. The minimum atomic E-state index is -0.114. The van der Waals surface area contributed by atoms with Crippen molar-refractivity contribution in [2.24, 2.45) is 5.92 Å². The fourth-order valence-corrected chi connectivity index (χ4v) is 1.96. The second-order valence-corrected chi connectivity index (χ2v) is 4.30. The maximum absolute atomic E-state index is 10.8. The Morgan fingerprint density at radius 2 is 2.40 bits per heavy atom. The average Bonchev–Trinajstić information content (AvgIpc) is 2.63. The molecule has 1 heterocycles. The van der Waals surface area contributed by atoms with E-state index in [9.17, 15) is 4.79 Å². The maximum atomic E-state index is 10.8. The fourth-order valence-electron chi connectivity index (χ4n) is 1.96. The van der Waals surface area contributed by atoms with Gasteiger partial charge in [0.15, 0.2) is 0 Å². The molecule has 88 valence electrons. The van der Waals surface area contributed by atoms with Gasteiger partial charge in [0.1, 0.15) is 0 Å². The number of esters is 1. The first-order chi connectivity index (χ1) is 7.22. The van der Waals surface area contributed by atoms with E-state index >= 15 is 0 Å². The Kier molecular flexibility index (Phi) is 5.65. The third-order valence-electron chi connectivity index (χ3n) is 2.88. The molecule has 0 amide bonds. The molecule has 15 heavy (non-hydrogen) atoms. The average molecular weight is 214 g/mol. The molecule has 0 spiro atoms. The van der Waals surface area contributed by atoms with Crippen molar-refractivity contribution in [3.05, 3.63) is 0 Å². The van der Waals surface area contributed by atoms with E-state index in [4.69, 9.17) is 0 Å². The second-order valence-electron chi connectivity index (χ2n) is 4.30. The predicted molar refractivity (Wildman–Crippen MR) is 59.7 cm³/mol. The van der Waals surface area contributed by atoms with Gasteiger partial charge in [-0.2, -0.15) is 0 Å². The summed E-state index contributed by atoms with van der Waals surface area (Å²) in [5, 5.41) is 3.39. The number of hydrogen-bond donors (Lipinski definition) is 1. The van der Waals surface area contributed by atoms with Gasteiger partial charge in [-0.05, 0) is 45.4 Å². The first-order valence-electron chi connectivity index (χ1n) is 5.68. The van der Waals surface area contributed by atoms with Crippen molar-refractivity contribution in [2.45, 2.75) is 19.3 Å². The molecule has 4 heteroatoms. The molecule has 1 rings (SSSR count). The van der Waals surface area contributed by atoms with Crippen LogP contribution in [0.2, 0.25) is 0 Å². The molecular weight excluding hydrogens is 192 g/mol. The third kappa shape index (κ3) is 5.14. The van der Waals surface area contributed by atoms with E-state index in [1.54, 1.807) is 0 Å². The van der Waals surface area contributed by atoms with Crippen LogP contribution in [0, 0.1) is 5.92 Å². The highest BCUT2D eigenvalue weighted by atomic mass is 16.5. The van der Waals surface area contributed by atoms with Crippen LogP contribution in [0.15, 0.2) is 0 Å². The Hall–Kier alpha value is -0.610. The quantitative estimate of drug-likeness (QED) is 0.516. The predicted octanol–water partition coefficient (Wildman–Crippen LogP) is 0.481. The number of likely N-dealkylation sites (tertiary alicyclic amines) is 1. The zero-order valence-corrected chi connectivity index (χ0v) is 9.79. The molecule has 1 saturated heterocycles. The van der Waals surface area contributed by atoms with Crippen LogP contribution < -0.4 is 5.32 Å². The number of carbonyl (C=O) groups excluding carboxylic acids is 1. The summed E-state index contributed by atoms with van der Waals surface area (Å²) < 4.78 is 4.57. The number of hydrogen-bond acceptors (Lipinski definition) is 4. The lowest BCUT2D eigenvalue weighted by Crippen LogP contribution is -2.26. The first kappa shape index (κ1) is 12.5. The Labute approximate surface area is 92.0 Å². The lowest BCUT2D eigenvalue weighted by molar-refractivity contribution is -0.140. The van der Waals surface area contributed by atoms with Crippen molar-refractivity contribution in [1.82, 2.24) is 10.2 Å². The van der Waals surface area contributed by atoms with Crippen LogP contribution in [0.1, 0.15) is 19.3 Å². The molecule has 1 N–H and O–H groups in total. The van der Waals surface area contributed by atoms with Gasteiger partial charge in [0.2, 0.25) is 0 Å². The summed E-state index contributed by atoms with van der Waals surface area (Å²) in [5.41, 5.74) is 0. The summed E-state index contributed by atoms with van der Waals surface area (Å²) in [4.78, 5) is 13.2. The van der Waals surface area contributed by atoms with Crippen molar-refractivity contribution in [2.75, 3.05) is 40.3 Å². The zero-order valence-electron chi connectivity index (χ0n) is 9.79. The van der Waals surface area contributed by atoms with Crippen LogP contribution in [0.4, 0.5) is 0 Å². The largest absolute Gasteiger partial charge is 0.469 e. The molecule has 0 aliphatic carbocycles. The third-order valence-corrected chi connectivity index (χ3v) is 2.88. The molecule has 0 radical (unpaired) electrons. The molecule has 1 aliphatic heterocycles. The van der Waals surface area contributed by atoms with E-state index in [1.807, 2.05) is 0 Å². The SMILES string of the molecule is COC(=O)CCCNCC1CCN(C)C1. The summed E-state index contributed by atoms with van der Waals surface area (Å²) in [6, 6.07) is 0. The number of carbonyl (C=O) groups is 1. The van der Waals surface area contributed by atoms with Crippen LogP contribution in [-0.2, 0) is 9.53 Å². The lowest BCUT2D eigenvalue weighted by Gasteiger charge is -2.11. The Morgan fingerprint density at radius 1 is 1.60 bits per heavy atom. The fraction of sp³-hybridized carbons (Fsp3) is 0.909. The molecule has 0 aromatic carbocycles. The van der Waals surface area contributed by atoms with Gasteiger partial charge in [0.05, 0.1) is 7.11 Å². The molecule has 0 aromatic heterocycles. The number of methoxy groups -OCH3 is 1. The number of rotatable bonds is 6. The number of ether oxygens (including phenoxy) is 1. The minimum absolute atomic E-state index is 0.114. The Bertz CT molecular complexity index is 197. The van der Waals surface area contributed by atoms with Crippen molar-refractivity contribution >= 4 is 5.97 Å². The van der Waals surface area contributed by atoms with E-state index in [1.165, 1.54) is 26.6 Å². The summed E-state index contributed by atoms with van der Waals surface area (Å²) in [6.07, 6.45) is 2.68. The minimum Gasteiger partial charge on any atom is -0.469 e. The summed E-state index contributed by atoms with van der Waals surface area (Å²) >= 11 is 0. The van der Waals surface area contributed by atoms with Crippen molar-refractivity contribution in [1.29, 1.82) is 0 Å². The van der Waals surface area contributed by atoms with Crippen LogP contribution in [-0.4, -0.2) is 51.2 Å². The monoisotopic (exact) mass is 214 g/mol. The highest BCUT2D eigenvalue weighted by Gasteiger charge is 2.18. The zero-order chi connectivity index (χ0) is 11.1. The van der Waals surface area contributed by atoms with Gasteiger partial charge in [0, 0.05) is 13.0 Å². The lowest BCUT2D eigenvalue weighted by atomic mass is 10.1.